The lowest BCUT2D eigenvalue weighted by Crippen LogP contribution is -2.58. The van der Waals surface area contributed by atoms with Gasteiger partial charge in [0.15, 0.2) is 0 Å². The Balaban J connectivity index is 1.99. The van der Waals surface area contributed by atoms with E-state index in [2.05, 4.69) is 26.1 Å². The zero-order valence-corrected chi connectivity index (χ0v) is 12.1. The van der Waals surface area contributed by atoms with Gasteiger partial charge in [0.25, 0.3) is 0 Å². The van der Waals surface area contributed by atoms with E-state index in [1.54, 1.807) is 0 Å². The van der Waals surface area contributed by atoms with E-state index in [-0.39, 0.29) is 5.91 Å². The smallest absolute Gasteiger partial charge is 0.237 e. The third-order valence-corrected chi connectivity index (χ3v) is 5.38. The van der Waals surface area contributed by atoms with Crippen LogP contribution < -0.4 is 11.1 Å². The van der Waals surface area contributed by atoms with Gasteiger partial charge in [-0.2, -0.15) is 0 Å². The molecule has 0 bridgehead atoms. The summed E-state index contributed by atoms with van der Waals surface area (Å²) in [5.41, 5.74) is 5.65. The maximum absolute atomic E-state index is 11.8. The van der Waals surface area contributed by atoms with Gasteiger partial charge in [-0.15, -0.1) is 0 Å². The topological polar surface area (TPSA) is 55.1 Å². The van der Waals surface area contributed by atoms with Crippen LogP contribution in [0, 0.1) is 11.3 Å². The molecule has 0 unspecified atom stereocenters. The lowest BCUT2D eigenvalue weighted by molar-refractivity contribution is -0.126. The summed E-state index contributed by atoms with van der Waals surface area (Å²) in [6, 6.07) is 0.549. The zero-order chi connectivity index (χ0) is 13.4. The van der Waals surface area contributed by atoms with Crippen LogP contribution in [0.2, 0.25) is 0 Å². The fourth-order valence-corrected chi connectivity index (χ4v) is 3.26. The van der Waals surface area contributed by atoms with Crippen LogP contribution in [0.25, 0.3) is 0 Å². The van der Waals surface area contributed by atoms with Gasteiger partial charge in [-0.25, -0.2) is 0 Å². The average Bonchev–Trinajstić information content (AvgIpc) is 3.13. The largest absolute Gasteiger partial charge is 0.368 e. The molecular formula is C15H28N2O. The van der Waals surface area contributed by atoms with Crippen LogP contribution in [0.15, 0.2) is 0 Å². The Morgan fingerprint density at radius 1 is 1.28 bits per heavy atom. The van der Waals surface area contributed by atoms with Crippen molar-refractivity contribution in [2.45, 2.75) is 77.3 Å². The van der Waals surface area contributed by atoms with E-state index in [1.807, 2.05) is 0 Å². The number of hydrogen-bond donors (Lipinski definition) is 2. The second-order valence-corrected chi connectivity index (χ2v) is 6.98. The summed E-state index contributed by atoms with van der Waals surface area (Å²) in [7, 11) is 0. The van der Waals surface area contributed by atoms with Gasteiger partial charge in [0.1, 0.15) is 0 Å². The van der Waals surface area contributed by atoms with Gasteiger partial charge >= 0.3 is 0 Å². The van der Waals surface area contributed by atoms with Crippen LogP contribution in [0.1, 0.15) is 65.7 Å². The summed E-state index contributed by atoms with van der Waals surface area (Å²) in [6.45, 7) is 6.96. The highest BCUT2D eigenvalue weighted by Crippen LogP contribution is 2.44. The molecule has 2 rings (SSSR count). The Bertz CT molecular complexity index is 312. The fourth-order valence-electron chi connectivity index (χ4n) is 3.26. The van der Waals surface area contributed by atoms with Gasteiger partial charge in [-0.3, -0.25) is 4.79 Å². The van der Waals surface area contributed by atoms with Crippen molar-refractivity contribution in [1.29, 1.82) is 0 Å². The Morgan fingerprint density at radius 2 is 1.83 bits per heavy atom. The summed E-state index contributed by atoms with van der Waals surface area (Å²) < 4.78 is 0. The monoisotopic (exact) mass is 252 g/mol. The summed E-state index contributed by atoms with van der Waals surface area (Å²) in [4.78, 5) is 11.8. The quantitative estimate of drug-likeness (QED) is 0.790. The molecule has 0 atom stereocenters. The standard InChI is InChI=1S/C15H28N2O/c1-4-14(2,3)11-7-9-15(10-8-11,13(16)18)17-12-5-6-12/h11-12,17H,4-10H2,1-3H3,(H2,16,18). The molecular weight excluding hydrogens is 224 g/mol. The maximum atomic E-state index is 11.8. The fraction of sp³-hybridized carbons (Fsp3) is 0.933. The number of nitrogens with one attached hydrogen (secondary N) is 1. The number of primary amides is 1. The summed E-state index contributed by atoms with van der Waals surface area (Å²) >= 11 is 0. The Hall–Kier alpha value is -0.570. The predicted octanol–water partition coefficient (Wildman–Crippen LogP) is 2.59. The van der Waals surface area contributed by atoms with E-state index in [9.17, 15) is 4.79 Å². The first-order valence-electron chi connectivity index (χ1n) is 7.47. The van der Waals surface area contributed by atoms with Crippen LogP contribution in [0.4, 0.5) is 0 Å². The molecule has 3 heteroatoms. The molecule has 0 aromatic carbocycles. The van der Waals surface area contributed by atoms with Crippen LogP contribution >= 0.6 is 0 Å². The average molecular weight is 252 g/mol. The molecule has 1 amide bonds. The van der Waals surface area contributed by atoms with Crippen LogP contribution in [-0.4, -0.2) is 17.5 Å². The predicted molar refractivity (Wildman–Crippen MR) is 74.1 cm³/mol. The molecule has 2 aliphatic carbocycles. The molecule has 2 aliphatic rings. The van der Waals surface area contributed by atoms with E-state index >= 15 is 0 Å². The molecule has 18 heavy (non-hydrogen) atoms. The number of carbonyl (C=O) groups is 1. The van der Waals surface area contributed by atoms with Gasteiger partial charge in [0.2, 0.25) is 5.91 Å². The molecule has 3 nitrogen and oxygen atoms in total. The molecule has 2 saturated carbocycles. The van der Waals surface area contributed by atoms with E-state index in [0.29, 0.717) is 11.5 Å². The van der Waals surface area contributed by atoms with Gasteiger partial charge in [0, 0.05) is 6.04 Å². The normalized spacial score (nSPS) is 33.4. The molecule has 3 N–H and O–H groups in total. The molecule has 0 heterocycles. The van der Waals surface area contributed by atoms with E-state index in [4.69, 9.17) is 5.73 Å². The van der Waals surface area contributed by atoms with Gasteiger partial charge < -0.3 is 11.1 Å². The molecule has 2 fully saturated rings. The van der Waals surface area contributed by atoms with Crippen molar-refractivity contribution < 1.29 is 4.79 Å². The molecule has 0 aromatic rings. The minimum Gasteiger partial charge on any atom is -0.368 e. The first-order valence-corrected chi connectivity index (χ1v) is 7.47. The van der Waals surface area contributed by atoms with E-state index in [1.165, 1.54) is 19.3 Å². The Morgan fingerprint density at radius 3 is 2.22 bits per heavy atom. The van der Waals surface area contributed by atoms with Crippen LogP contribution in [0.5, 0.6) is 0 Å². The van der Waals surface area contributed by atoms with Crippen molar-refractivity contribution in [2.75, 3.05) is 0 Å². The van der Waals surface area contributed by atoms with Crippen molar-refractivity contribution in [1.82, 2.24) is 5.32 Å². The summed E-state index contributed by atoms with van der Waals surface area (Å²) in [5.74, 6) is 0.595. The second-order valence-electron chi connectivity index (χ2n) is 6.98. The van der Waals surface area contributed by atoms with E-state index in [0.717, 1.165) is 31.6 Å². The minimum absolute atomic E-state index is 0.137. The van der Waals surface area contributed by atoms with Gasteiger partial charge in [-0.05, 0) is 49.9 Å². The summed E-state index contributed by atoms with van der Waals surface area (Å²) in [5, 5.41) is 3.52. The summed E-state index contributed by atoms with van der Waals surface area (Å²) in [6.07, 6.45) is 7.72. The minimum atomic E-state index is -0.401. The third kappa shape index (κ3) is 2.71. The van der Waals surface area contributed by atoms with Crippen molar-refractivity contribution >= 4 is 5.91 Å². The van der Waals surface area contributed by atoms with Crippen molar-refractivity contribution in [2.24, 2.45) is 17.1 Å². The molecule has 0 saturated heterocycles. The molecule has 0 spiro atoms. The highest BCUT2D eigenvalue weighted by molar-refractivity contribution is 5.84. The highest BCUT2D eigenvalue weighted by Gasteiger charge is 2.45. The number of amides is 1. The first-order chi connectivity index (χ1) is 8.39. The Labute approximate surface area is 111 Å². The first kappa shape index (κ1) is 13.9. The van der Waals surface area contributed by atoms with Crippen LogP contribution in [-0.2, 0) is 4.79 Å². The van der Waals surface area contributed by atoms with Gasteiger partial charge in [-0.1, -0.05) is 27.2 Å². The lowest BCUT2D eigenvalue weighted by Gasteiger charge is -2.44. The van der Waals surface area contributed by atoms with Crippen molar-refractivity contribution in [3.63, 3.8) is 0 Å². The SMILES string of the molecule is CCC(C)(C)C1CCC(NC2CC2)(C(N)=O)CC1. The van der Waals surface area contributed by atoms with Crippen LogP contribution in [0.3, 0.4) is 0 Å². The van der Waals surface area contributed by atoms with E-state index < -0.39 is 5.54 Å². The third-order valence-electron chi connectivity index (χ3n) is 5.38. The molecule has 104 valence electrons. The van der Waals surface area contributed by atoms with Crippen molar-refractivity contribution in [3.05, 3.63) is 0 Å². The molecule has 0 radical (unpaired) electrons. The molecule has 0 aliphatic heterocycles. The number of carbonyl (C=O) groups excluding carboxylic acids is 1. The Kier molecular flexibility index (Phi) is 3.72. The highest BCUT2D eigenvalue weighted by atomic mass is 16.1. The second kappa shape index (κ2) is 4.84. The van der Waals surface area contributed by atoms with Crippen molar-refractivity contribution in [3.8, 4) is 0 Å². The molecule has 0 aromatic heterocycles. The number of nitrogens with two attached hydrogens (primary N) is 1. The van der Waals surface area contributed by atoms with Gasteiger partial charge in [0.05, 0.1) is 5.54 Å². The number of rotatable bonds is 5. The maximum Gasteiger partial charge on any atom is 0.237 e. The lowest BCUT2D eigenvalue weighted by atomic mass is 9.65. The zero-order valence-electron chi connectivity index (χ0n) is 12.1. The number of hydrogen-bond acceptors (Lipinski definition) is 2.